The molecule has 1 rings (SSSR count). The van der Waals surface area contributed by atoms with Gasteiger partial charge in [0.05, 0.1) is 16.8 Å². The second-order valence-corrected chi connectivity index (χ2v) is 3.53. The predicted octanol–water partition coefficient (Wildman–Crippen LogP) is 2.61. The van der Waals surface area contributed by atoms with Gasteiger partial charge in [-0.2, -0.15) is 0 Å². The molecule has 0 saturated carbocycles. The fourth-order valence-electron chi connectivity index (χ4n) is 1.43. The molecular formula is C10H14ClNO. The largest absolute Gasteiger partial charge is 0.393 e. The van der Waals surface area contributed by atoms with Crippen molar-refractivity contribution < 1.29 is 5.11 Å². The molecule has 0 aliphatic rings. The lowest BCUT2D eigenvalue weighted by atomic mass is 9.96. The van der Waals surface area contributed by atoms with E-state index in [0.717, 1.165) is 12.1 Å². The van der Waals surface area contributed by atoms with E-state index in [2.05, 4.69) is 4.98 Å². The average molecular weight is 200 g/mol. The third-order valence-corrected chi connectivity index (χ3v) is 2.48. The Morgan fingerprint density at radius 2 is 2.31 bits per heavy atom. The Balaban J connectivity index is 2.97. The summed E-state index contributed by atoms with van der Waals surface area (Å²) in [6.45, 7) is 3.78. The fourth-order valence-corrected chi connectivity index (χ4v) is 1.70. The first-order valence-corrected chi connectivity index (χ1v) is 4.83. The van der Waals surface area contributed by atoms with Crippen LogP contribution in [-0.4, -0.2) is 16.2 Å². The number of aliphatic hydroxyl groups excluding tert-OH is 1. The van der Waals surface area contributed by atoms with Gasteiger partial charge in [-0.3, -0.25) is 4.98 Å². The van der Waals surface area contributed by atoms with Crippen molar-refractivity contribution >= 4 is 11.6 Å². The highest BCUT2D eigenvalue weighted by atomic mass is 35.5. The van der Waals surface area contributed by atoms with Gasteiger partial charge in [0, 0.05) is 12.1 Å². The van der Waals surface area contributed by atoms with Gasteiger partial charge in [0.15, 0.2) is 0 Å². The molecule has 0 fully saturated rings. The summed E-state index contributed by atoms with van der Waals surface area (Å²) >= 11 is 5.97. The number of hydrogen-bond acceptors (Lipinski definition) is 2. The molecule has 0 spiro atoms. The zero-order valence-electron chi connectivity index (χ0n) is 7.87. The molecular weight excluding hydrogens is 186 g/mol. The van der Waals surface area contributed by atoms with Gasteiger partial charge >= 0.3 is 0 Å². The highest BCUT2D eigenvalue weighted by Gasteiger charge is 2.18. The van der Waals surface area contributed by atoms with Gasteiger partial charge in [-0.05, 0) is 25.5 Å². The van der Waals surface area contributed by atoms with Crippen LogP contribution in [0.5, 0.6) is 0 Å². The van der Waals surface area contributed by atoms with Crippen LogP contribution >= 0.6 is 11.6 Å². The highest BCUT2D eigenvalue weighted by Crippen LogP contribution is 2.27. The van der Waals surface area contributed by atoms with Crippen LogP contribution in [0, 0.1) is 0 Å². The molecule has 2 atom stereocenters. The van der Waals surface area contributed by atoms with Gasteiger partial charge in [0.2, 0.25) is 0 Å². The Morgan fingerprint density at radius 3 is 2.77 bits per heavy atom. The maximum Gasteiger partial charge on any atom is 0.0645 e. The van der Waals surface area contributed by atoms with Crippen LogP contribution in [0.3, 0.4) is 0 Å². The van der Waals surface area contributed by atoms with Crippen molar-refractivity contribution in [2.75, 3.05) is 0 Å². The summed E-state index contributed by atoms with van der Waals surface area (Å²) in [4.78, 5) is 4.18. The van der Waals surface area contributed by atoms with Crippen molar-refractivity contribution in [1.29, 1.82) is 0 Å². The molecule has 1 heterocycles. The van der Waals surface area contributed by atoms with Crippen molar-refractivity contribution in [1.82, 2.24) is 4.98 Å². The van der Waals surface area contributed by atoms with E-state index < -0.39 is 6.10 Å². The van der Waals surface area contributed by atoms with Crippen LogP contribution in [0.25, 0.3) is 0 Å². The summed E-state index contributed by atoms with van der Waals surface area (Å²) in [6.07, 6.45) is 2.14. The molecule has 0 saturated heterocycles. The van der Waals surface area contributed by atoms with Crippen LogP contribution in [0.1, 0.15) is 31.9 Å². The smallest absolute Gasteiger partial charge is 0.0645 e. The van der Waals surface area contributed by atoms with Crippen LogP contribution < -0.4 is 0 Å². The molecule has 72 valence electrons. The van der Waals surface area contributed by atoms with E-state index >= 15 is 0 Å². The topological polar surface area (TPSA) is 33.1 Å². The summed E-state index contributed by atoms with van der Waals surface area (Å²) in [5.41, 5.74) is 0.793. The summed E-state index contributed by atoms with van der Waals surface area (Å²) < 4.78 is 0. The molecule has 3 heteroatoms. The molecule has 2 unspecified atom stereocenters. The van der Waals surface area contributed by atoms with Crippen LogP contribution in [0.2, 0.25) is 5.02 Å². The Hall–Kier alpha value is -0.600. The van der Waals surface area contributed by atoms with E-state index in [1.54, 1.807) is 25.3 Å². The van der Waals surface area contributed by atoms with E-state index in [1.165, 1.54) is 0 Å². The van der Waals surface area contributed by atoms with Gasteiger partial charge in [-0.1, -0.05) is 18.5 Å². The van der Waals surface area contributed by atoms with Gasteiger partial charge in [-0.15, -0.1) is 0 Å². The molecule has 0 aliphatic carbocycles. The van der Waals surface area contributed by atoms with E-state index in [4.69, 9.17) is 11.6 Å². The minimum Gasteiger partial charge on any atom is -0.393 e. The molecule has 1 aromatic heterocycles. The quantitative estimate of drug-likeness (QED) is 0.812. The number of halogens is 1. The Kier molecular flexibility index (Phi) is 3.70. The first-order valence-electron chi connectivity index (χ1n) is 4.45. The average Bonchev–Trinajstić information content (AvgIpc) is 2.09. The van der Waals surface area contributed by atoms with Crippen molar-refractivity contribution in [3.05, 3.63) is 29.0 Å². The molecule has 0 radical (unpaired) electrons. The van der Waals surface area contributed by atoms with Crippen LogP contribution in [0.15, 0.2) is 18.3 Å². The molecule has 0 bridgehead atoms. The minimum absolute atomic E-state index is 0.0358. The lowest BCUT2D eigenvalue weighted by molar-refractivity contribution is 0.158. The second kappa shape index (κ2) is 4.58. The van der Waals surface area contributed by atoms with Crippen molar-refractivity contribution in [2.45, 2.75) is 32.3 Å². The summed E-state index contributed by atoms with van der Waals surface area (Å²) in [6, 6.07) is 3.59. The fraction of sp³-hybridized carbons (Fsp3) is 0.500. The number of nitrogens with zero attached hydrogens (tertiary/aromatic N) is 1. The van der Waals surface area contributed by atoms with Crippen LogP contribution in [-0.2, 0) is 0 Å². The van der Waals surface area contributed by atoms with Crippen molar-refractivity contribution in [3.63, 3.8) is 0 Å². The monoisotopic (exact) mass is 199 g/mol. The Morgan fingerprint density at radius 1 is 1.62 bits per heavy atom. The number of rotatable bonds is 3. The predicted molar refractivity (Wildman–Crippen MR) is 54.0 cm³/mol. The molecule has 2 nitrogen and oxygen atoms in total. The lowest BCUT2D eigenvalue weighted by Crippen LogP contribution is -2.15. The number of aromatic nitrogens is 1. The van der Waals surface area contributed by atoms with Crippen molar-refractivity contribution in [2.24, 2.45) is 0 Å². The summed E-state index contributed by atoms with van der Waals surface area (Å²) in [5, 5.41) is 10.1. The molecule has 0 aliphatic heterocycles. The molecule has 13 heavy (non-hydrogen) atoms. The Labute approximate surface area is 83.6 Å². The van der Waals surface area contributed by atoms with Gasteiger partial charge in [0.25, 0.3) is 0 Å². The van der Waals surface area contributed by atoms with E-state index in [1.807, 2.05) is 6.92 Å². The van der Waals surface area contributed by atoms with E-state index in [-0.39, 0.29) is 5.92 Å². The number of aliphatic hydroxyl groups is 1. The summed E-state index contributed by atoms with van der Waals surface area (Å²) in [5.74, 6) is 0.0358. The number of pyridine rings is 1. The standard InChI is InChI=1S/C10H14ClNO/c1-3-8(7(2)13)10-9(11)5-4-6-12-10/h4-8,13H,3H2,1-2H3. The maximum atomic E-state index is 9.49. The minimum atomic E-state index is -0.405. The number of hydrogen-bond donors (Lipinski definition) is 1. The molecule has 1 aromatic rings. The maximum absolute atomic E-state index is 9.49. The van der Waals surface area contributed by atoms with Gasteiger partial charge in [0.1, 0.15) is 0 Å². The zero-order chi connectivity index (χ0) is 9.84. The highest BCUT2D eigenvalue weighted by molar-refractivity contribution is 6.31. The first-order chi connectivity index (χ1) is 6.16. The Bertz CT molecular complexity index is 275. The zero-order valence-corrected chi connectivity index (χ0v) is 8.62. The van der Waals surface area contributed by atoms with E-state index in [0.29, 0.717) is 5.02 Å². The molecule has 0 aromatic carbocycles. The first kappa shape index (κ1) is 10.5. The van der Waals surface area contributed by atoms with E-state index in [9.17, 15) is 5.11 Å². The summed E-state index contributed by atoms with van der Waals surface area (Å²) in [7, 11) is 0. The normalized spacial score (nSPS) is 15.4. The second-order valence-electron chi connectivity index (χ2n) is 3.13. The van der Waals surface area contributed by atoms with Gasteiger partial charge < -0.3 is 5.11 Å². The van der Waals surface area contributed by atoms with Gasteiger partial charge in [-0.25, -0.2) is 0 Å². The SMILES string of the molecule is CCC(c1ncccc1Cl)C(C)O. The van der Waals surface area contributed by atoms with Crippen molar-refractivity contribution in [3.8, 4) is 0 Å². The lowest BCUT2D eigenvalue weighted by Gasteiger charge is -2.18. The third-order valence-electron chi connectivity index (χ3n) is 2.16. The molecule has 1 N–H and O–H groups in total. The third kappa shape index (κ3) is 2.42. The van der Waals surface area contributed by atoms with Crippen LogP contribution in [0.4, 0.5) is 0 Å². The molecule has 0 amide bonds.